The van der Waals surface area contributed by atoms with Crippen LogP contribution in [0.15, 0.2) is 169 Å². The number of aromatic nitrogens is 1. The van der Waals surface area contributed by atoms with Gasteiger partial charge < -0.3 is 9.47 Å². The van der Waals surface area contributed by atoms with Crippen molar-refractivity contribution in [2.45, 2.75) is 25.2 Å². The Labute approximate surface area is 279 Å². The molecule has 0 amide bonds. The van der Waals surface area contributed by atoms with Crippen molar-refractivity contribution in [1.29, 1.82) is 0 Å². The van der Waals surface area contributed by atoms with Crippen LogP contribution in [0.25, 0.3) is 27.5 Å². The van der Waals surface area contributed by atoms with Crippen LogP contribution >= 0.6 is 0 Å². The second-order valence-corrected chi connectivity index (χ2v) is 12.7. The summed E-state index contributed by atoms with van der Waals surface area (Å²) in [6, 6.07) is 41.2. The summed E-state index contributed by atoms with van der Waals surface area (Å²) in [5.41, 5.74) is 10.7. The Morgan fingerprint density at radius 2 is 1.33 bits per heavy atom. The Kier molecular flexibility index (Phi) is 6.68. The lowest BCUT2D eigenvalue weighted by molar-refractivity contribution is 0.102. The quantitative estimate of drug-likeness (QED) is 0.174. The number of hydrogen-bond donors (Lipinski definition) is 0. The van der Waals surface area contributed by atoms with Crippen molar-refractivity contribution in [1.82, 2.24) is 4.57 Å². The van der Waals surface area contributed by atoms with Crippen molar-refractivity contribution in [2.75, 3.05) is 4.90 Å². The molecule has 4 nitrogen and oxygen atoms in total. The van der Waals surface area contributed by atoms with E-state index in [-0.39, 0.29) is 17.5 Å². The monoisotopic (exact) mass is 620 g/mol. The molecule has 5 aromatic carbocycles. The lowest BCUT2D eigenvalue weighted by atomic mass is 9.84. The van der Waals surface area contributed by atoms with Gasteiger partial charge in [-0.1, -0.05) is 91.0 Å². The molecule has 0 radical (unpaired) electrons. The Morgan fingerprint density at radius 3 is 2.06 bits per heavy atom. The molecule has 0 bridgehead atoms. The number of nitrogens with zero attached hydrogens (tertiary/aromatic N) is 2. The van der Waals surface area contributed by atoms with Gasteiger partial charge in [-0.25, -0.2) is 0 Å². The standard InChI is InChI=1S/C44H32N2O2/c47-43(29-13-5-1-6-14-29)31-21-23-39-35(25-31)37-27-42-38(28-41(37)45(39)33-17-9-3-10-18-33)36-26-32(44(48)30-15-7-2-8-16-30)22-24-40(36)46(42)34-19-11-4-12-20-34/h1,3-7,9-24,26-28,35H,2,8,25H2. The first kappa shape index (κ1) is 28.2. The van der Waals surface area contributed by atoms with Crippen molar-refractivity contribution in [3.05, 3.63) is 185 Å². The molecular formula is C44H32N2O2. The average Bonchev–Trinajstić information content (AvgIpc) is 3.65. The van der Waals surface area contributed by atoms with Crippen molar-refractivity contribution < 1.29 is 9.59 Å². The summed E-state index contributed by atoms with van der Waals surface area (Å²) in [6.07, 6.45) is 12.7. The molecule has 1 unspecified atom stereocenters. The van der Waals surface area contributed by atoms with Gasteiger partial charge in [0.15, 0.2) is 11.6 Å². The minimum Gasteiger partial charge on any atom is -0.313 e. The summed E-state index contributed by atoms with van der Waals surface area (Å²) in [6.45, 7) is 0. The number of benzene rings is 5. The Bertz CT molecular complexity index is 2390. The highest BCUT2D eigenvalue weighted by atomic mass is 16.1. The van der Waals surface area contributed by atoms with Crippen molar-refractivity contribution >= 4 is 44.7 Å². The number of allylic oxidation sites excluding steroid dienone is 8. The highest BCUT2D eigenvalue weighted by Gasteiger charge is 2.38. The van der Waals surface area contributed by atoms with E-state index in [1.807, 2.05) is 66.8 Å². The molecule has 6 aromatic rings. The van der Waals surface area contributed by atoms with Gasteiger partial charge in [0.25, 0.3) is 0 Å². The molecule has 0 N–H and O–H groups in total. The smallest absolute Gasteiger partial charge is 0.192 e. The zero-order chi connectivity index (χ0) is 32.2. The third-order valence-corrected chi connectivity index (χ3v) is 9.90. The van der Waals surface area contributed by atoms with Crippen LogP contribution in [0.4, 0.5) is 11.4 Å². The molecule has 4 heteroatoms. The van der Waals surface area contributed by atoms with Crippen molar-refractivity contribution in [3.8, 4) is 5.69 Å². The van der Waals surface area contributed by atoms with Gasteiger partial charge in [0.1, 0.15) is 0 Å². The van der Waals surface area contributed by atoms with Gasteiger partial charge in [-0.15, -0.1) is 0 Å². The minimum absolute atomic E-state index is 0.0154. The zero-order valence-corrected chi connectivity index (χ0v) is 26.3. The Balaban J connectivity index is 1.26. The zero-order valence-electron chi connectivity index (χ0n) is 26.3. The fourth-order valence-corrected chi connectivity index (χ4v) is 7.63. The fraction of sp³-hybridized carbons (Fsp3) is 0.0909. The number of ketones is 2. The third-order valence-electron chi connectivity index (χ3n) is 9.90. The van der Waals surface area contributed by atoms with E-state index in [4.69, 9.17) is 0 Å². The number of rotatable bonds is 6. The Morgan fingerprint density at radius 1 is 0.625 bits per heavy atom. The Hall–Kier alpha value is -6.00. The van der Waals surface area contributed by atoms with Gasteiger partial charge in [0.05, 0.1) is 16.7 Å². The van der Waals surface area contributed by atoms with Gasteiger partial charge in [0, 0.05) is 56.0 Å². The van der Waals surface area contributed by atoms with Crippen LogP contribution in [-0.2, 0) is 0 Å². The van der Waals surface area contributed by atoms with E-state index in [9.17, 15) is 9.59 Å². The number of para-hydroxylation sites is 2. The molecule has 0 spiro atoms. The summed E-state index contributed by atoms with van der Waals surface area (Å²) < 4.78 is 2.31. The molecule has 0 fully saturated rings. The number of fused-ring (bicyclic) bond motifs is 6. The molecule has 1 atom stereocenters. The normalized spacial score (nSPS) is 16.7. The molecule has 0 saturated carbocycles. The molecule has 48 heavy (non-hydrogen) atoms. The van der Waals surface area contributed by atoms with Crippen LogP contribution in [0.3, 0.4) is 0 Å². The van der Waals surface area contributed by atoms with Crippen LogP contribution in [0.1, 0.15) is 51.5 Å². The van der Waals surface area contributed by atoms with Crippen molar-refractivity contribution in [3.63, 3.8) is 0 Å². The van der Waals surface area contributed by atoms with Crippen LogP contribution in [0, 0.1) is 0 Å². The predicted octanol–water partition coefficient (Wildman–Crippen LogP) is 10.6. The number of anilines is 2. The summed E-state index contributed by atoms with van der Waals surface area (Å²) in [4.78, 5) is 29.7. The van der Waals surface area contributed by atoms with Gasteiger partial charge in [-0.05, 0) is 85.5 Å². The minimum atomic E-state index is 0.0154. The summed E-state index contributed by atoms with van der Waals surface area (Å²) >= 11 is 0. The molecule has 2 heterocycles. The van der Waals surface area contributed by atoms with Crippen LogP contribution in [0.5, 0.6) is 0 Å². The van der Waals surface area contributed by atoms with Gasteiger partial charge in [-0.2, -0.15) is 0 Å². The molecule has 0 saturated heterocycles. The second-order valence-electron chi connectivity index (χ2n) is 12.7. The molecule has 1 aliphatic heterocycles. The number of carbonyl (C=O) groups excluding carboxylic acids is 2. The number of Topliss-reactive ketones (excluding diaryl/α,β-unsaturated/α-hetero) is 2. The van der Waals surface area contributed by atoms with E-state index in [1.165, 1.54) is 5.56 Å². The van der Waals surface area contributed by atoms with E-state index in [0.717, 1.165) is 68.6 Å². The molecule has 9 rings (SSSR count). The topological polar surface area (TPSA) is 42.3 Å². The second kappa shape index (κ2) is 11.4. The molecule has 3 aliphatic rings. The molecular weight excluding hydrogens is 588 g/mol. The third kappa shape index (κ3) is 4.52. The van der Waals surface area contributed by atoms with Crippen LogP contribution < -0.4 is 4.90 Å². The maximum Gasteiger partial charge on any atom is 0.192 e. The average molecular weight is 621 g/mol. The number of hydrogen-bond acceptors (Lipinski definition) is 3. The van der Waals surface area contributed by atoms with Gasteiger partial charge >= 0.3 is 0 Å². The summed E-state index contributed by atoms with van der Waals surface area (Å²) in [5, 5.41) is 2.13. The lowest BCUT2D eigenvalue weighted by Crippen LogP contribution is -2.17. The first-order chi connectivity index (χ1) is 23.7. The first-order valence-corrected chi connectivity index (χ1v) is 16.6. The van der Waals surface area contributed by atoms with Gasteiger partial charge in [-0.3, -0.25) is 9.59 Å². The fourth-order valence-electron chi connectivity index (χ4n) is 7.63. The summed E-state index contributed by atoms with van der Waals surface area (Å²) in [7, 11) is 0. The highest BCUT2D eigenvalue weighted by Crippen LogP contribution is 2.53. The van der Waals surface area contributed by atoms with Crippen LogP contribution in [0.2, 0.25) is 0 Å². The molecule has 2 aliphatic carbocycles. The van der Waals surface area contributed by atoms with E-state index in [2.05, 4.69) is 94.4 Å². The highest BCUT2D eigenvalue weighted by molar-refractivity contribution is 6.17. The first-order valence-electron chi connectivity index (χ1n) is 16.6. The predicted molar refractivity (Wildman–Crippen MR) is 194 cm³/mol. The SMILES string of the molecule is O=C(C1=CCCC=C1)c1ccc2c(c1)c1cc3c(cc1n2-c1ccccc1)C1CC(C(=O)c2ccccc2)=CC=C1N3c1ccccc1. The largest absolute Gasteiger partial charge is 0.313 e. The number of carbonyl (C=O) groups is 2. The maximum absolute atomic E-state index is 13.7. The van der Waals surface area contributed by atoms with E-state index < -0.39 is 0 Å². The lowest BCUT2D eigenvalue weighted by Gasteiger charge is -2.26. The molecule has 1 aromatic heterocycles. The van der Waals surface area contributed by atoms with Crippen molar-refractivity contribution in [2.24, 2.45) is 0 Å². The van der Waals surface area contributed by atoms with Gasteiger partial charge in [0.2, 0.25) is 0 Å². The van der Waals surface area contributed by atoms with E-state index in [1.54, 1.807) is 0 Å². The maximum atomic E-state index is 13.7. The van der Waals surface area contributed by atoms with E-state index >= 15 is 0 Å². The molecule has 230 valence electrons. The summed E-state index contributed by atoms with van der Waals surface area (Å²) in [5.74, 6) is 0.144. The van der Waals surface area contributed by atoms with Crippen LogP contribution in [-0.4, -0.2) is 16.1 Å². The van der Waals surface area contributed by atoms with E-state index in [0.29, 0.717) is 17.5 Å².